The molecule has 0 aromatic rings. The van der Waals surface area contributed by atoms with Gasteiger partial charge in [-0.2, -0.15) is 0 Å². The molecule has 0 aliphatic carbocycles. The van der Waals surface area contributed by atoms with Crippen molar-refractivity contribution in [3.8, 4) is 0 Å². The lowest BCUT2D eigenvalue weighted by Gasteiger charge is -2.25. The Morgan fingerprint density at radius 1 is 1.04 bits per heavy atom. The SMILES string of the molecule is CC/C=C\CCC(=O)OC(COC(=O)CC)COP(C)(=O)OCC[N+](C)(C)C. The van der Waals surface area contributed by atoms with Crippen molar-refractivity contribution in [2.45, 2.75) is 45.6 Å². The van der Waals surface area contributed by atoms with Crippen LogP contribution in [-0.4, -0.2) is 76.7 Å². The minimum Gasteiger partial charge on any atom is -0.462 e. The van der Waals surface area contributed by atoms with Crippen molar-refractivity contribution in [3.63, 3.8) is 0 Å². The van der Waals surface area contributed by atoms with Crippen LogP contribution in [0.25, 0.3) is 0 Å². The highest BCUT2D eigenvalue weighted by Crippen LogP contribution is 2.43. The monoisotopic (exact) mass is 422 g/mol. The molecule has 8 nitrogen and oxygen atoms in total. The van der Waals surface area contributed by atoms with Gasteiger partial charge >= 0.3 is 19.5 Å². The third-order valence-corrected chi connectivity index (χ3v) is 4.79. The Balaban J connectivity index is 4.60. The minimum atomic E-state index is -3.31. The summed E-state index contributed by atoms with van der Waals surface area (Å²) in [5.74, 6) is -0.843. The maximum atomic E-state index is 12.4. The smallest absolute Gasteiger partial charge is 0.327 e. The van der Waals surface area contributed by atoms with E-state index in [1.807, 2.05) is 40.2 Å². The third-order valence-electron chi connectivity index (χ3n) is 3.52. The molecule has 0 fully saturated rings. The summed E-state index contributed by atoms with van der Waals surface area (Å²) in [5, 5.41) is 0. The zero-order valence-electron chi connectivity index (χ0n) is 18.1. The molecule has 0 saturated carbocycles. The number of carbonyl (C=O) groups is 2. The molecule has 9 heteroatoms. The molecule has 164 valence electrons. The van der Waals surface area contributed by atoms with E-state index in [1.165, 1.54) is 6.66 Å². The number of nitrogens with zero attached hydrogens (tertiary/aromatic N) is 1. The van der Waals surface area contributed by atoms with Crippen LogP contribution in [0.3, 0.4) is 0 Å². The van der Waals surface area contributed by atoms with Gasteiger partial charge in [-0.15, -0.1) is 0 Å². The number of esters is 2. The predicted octanol–water partition coefficient (Wildman–Crippen LogP) is 3.16. The molecule has 0 bridgehead atoms. The highest BCUT2D eigenvalue weighted by molar-refractivity contribution is 7.52. The van der Waals surface area contributed by atoms with E-state index in [0.29, 0.717) is 17.4 Å². The fourth-order valence-corrected chi connectivity index (χ4v) is 2.80. The molecule has 0 rings (SSSR count). The van der Waals surface area contributed by atoms with Crippen LogP contribution in [0.1, 0.15) is 39.5 Å². The maximum Gasteiger partial charge on any atom is 0.327 e. The van der Waals surface area contributed by atoms with Gasteiger partial charge in [0, 0.05) is 19.5 Å². The van der Waals surface area contributed by atoms with Crippen molar-refractivity contribution in [2.75, 3.05) is 54.2 Å². The third kappa shape index (κ3) is 15.8. The number of hydrogen-bond donors (Lipinski definition) is 0. The van der Waals surface area contributed by atoms with Gasteiger partial charge in [0.2, 0.25) is 0 Å². The summed E-state index contributed by atoms with van der Waals surface area (Å²) < 4.78 is 34.2. The van der Waals surface area contributed by atoms with E-state index in [-0.39, 0.29) is 32.7 Å². The Morgan fingerprint density at radius 2 is 1.71 bits per heavy atom. The maximum absolute atomic E-state index is 12.4. The molecule has 2 atom stereocenters. The lowest BCUT2D eigenvalue weighted by molar-refractivity contribution is -0.870. The van der Waals surface area contributed by atoms with Crippen LogP contribution in [0.4, 0.5) is 0 Å². The molecule has 0 aliphatic heterocycles. The van der Waals surface area contributed by atoms with Crippen molar-refractivity contribution in [2.24, 2.45) is 0 Å². The summed E-state index contributed by atoms with van der Waals surface area (Å²) in [5.41, 5.74) is 0. The fraction of sp³-hybridized carbons (Fsp3) is 0.789. The fourth-order valence-electron chi connectivity index (χ4n) is 1.87. The Labute approximate surface area is 169 Å². The molecule has 0 saturated heterocycles. The summed E-state index contributed by atoms with van der Waals surface area (Å²) >= 11 is 0. The molecule has 0 aromatic heterocycles. The number of ether oxygens (including phenoxy) is 2. The van der Waals surface area contributed by atoms with Gasteiger partial charge in [0.1, 0.15) is 19.8 Å². The number of carbonyl (C=O) groups excluding carboxylic acids is 2. The quantitative estimate of drug-likeness (QED) is 0.173. The molecular weight excluding hydrogens is 385 g/mol. The second-order valence-electron chi connectivity index (χ2n) is 7.48. The Kier molecular flexibility index (Phi) is 13.3. The van der Waals surface area contributed by atoms with Crippen LogP contribution in [0.2, 0.25) is 0 Å². The molecule has 0 heterocycles. The van der Waals surface area contributed by atoms with Gasteiger partial charge in [-0.1, -0.05) is 26.0 Å². The number of hydrogen-bond acceptors (Lipinski definition) is 7. The summed E-state index contributed by atoms with van der Waals surface area (Å²) in [6.45, 7) is 5.66. The van der Waals surface area contributed by atoms with Gasteiger partial charge in [-0.3, -0.25) is 14.2 Å². The van der Waals surface area contributed by atoms with E-state index in [1.54, 1.807) is 6.92 Å². The second kappa shape index (κ2) is 13.9. The Bertz CT molecular complexity index is 543. The standard InChI is InChI=1S/C19H37NO7P/c1-7-9-10-11-12-19(22)27-17(15-24-18(21)8-2)16-26-28(6,23)25-14-13-20(3,4)5/h9-10,17H,7-8,11-16H2,1-6H3/q+1/b10-9-. The van der Waals surface area contributed by atoms with E-state index >= 15 is 0 Å². The average Bonchev–Trinajstić information content (AvgIpc) is 2.59. The number of allylic oxidation sites excluding steroid dienone is 2. The van der Waals surface area contributed by atoms with Gasteiger partial charge in [-0.05, 0) is 12.8 Å². The zero-order chi connectivity index (χ0) is 21.6. The summed E-state index contributed by atoms with van der Waals surface area (Å²) in [6.07, 6.45) is 4.92. The molecule has 0 aromatic carbocycles. The van der Waals surface area contributed by atoms with Crippen molar-refractivity contribution < 1.29 is 37.2 Å². The molecule has 0 aliphatic rings. The summed E-state index contributed by atoms with van der Waals surface area (Å²) in [7, 11) is 2.68. The van der Waals surface area contributed by atoms with E-state index < -0.39 is 25.6 Å². The van der Waals surface area contributed by atoms with Gasteiger partial charge in [0.05, 0.1) is 27.7 Å². The second-order valence-corrected chi connectivity index (χ2v) is 9.54. The number of rotatable bonds is 15. The molecule has 0 spiro atoms. The highest BCUT2D eigenvalue weighted by Gasteiger charge is 2.24. The topological polar surface area (TPSA) is 88.1 Å². The Hall–Kier alpha value is -1.21. The van der Waals surface area contributed by atoms with Crippen LogP contribution in [0, 0.1) is 0 Å². The van der Waals surface area contributed by atoms with Crippen LogP contribution in [0.15, 0.2) is 12.2 Å². The predicted molar refractivity (Wildman–Crippen MR) is 108 cm³/mol. The first kappa shape index (κ1) is 26.8. The molecule has 0 amide bonds. The number of likely N-dealkylation sites (N-methyl/N-ethyl adjacent to an activating group) is 1. The first-order valence-corrected chi connectivity index (χ1v) is 11.6. The van der Waals surface area contributed by atoms with Gasteiger partial charge < -0.3 is 23.0 Å². The summed E-state index contributed by atoms with van der Waals surface area (Å²) in [4.78, 5) is 23.4. The summed E-state index contributed by atoms with van der Waals surface area (Å²) in [6, 6.07) is 0. The van der Waals surface area contributed by atoms with Gasteiger partial charge in [-0.25, -0.2) is 0 Å². The molecule has 0 N–H and O–H groups in total. The van der Waals surface area contributed by atoms with Crippen LogP contribution >= 0.6 is 7.60 Å². The van der Waals surface area contributed by atoms with Gasteiger partial charge in [0.25, 0.3) is 0 Å². The Morgan fingerprint density at radius 3 is 2.29 bits per heavy atom. The molecule has 0 radical (unpaired) electrons. The lowest BCUT2D eigenvalue weighted by Crippen LogP contribution is -2.37. The zero-order valence-corrected chi connectivity index (χ0v) is 19.0. The highest BCUT2D eigenvalue weighted by atomic mass is 31.2. The van der Waals surface area contributed by atoms with Crippen LogP contribution < -0.4 is 0 Å². The molecule has 2 unspecified atom stereocenters. The first-order chi connectivity index (χ1) is 13.0. The van der Waals surface area contributed by atoms with Crippen LogP contribution in [-0.2, 0) is 32.7 Å². The first-order valence-electron chi connectivity index (χ1n) is 9.66. The van der Waals surface area contributed by atoms with E-state index in [0.717, 1.165) is 6.42 Å². The van der Waals surface area contributed by atoms with Crippen molar-refractivity contribution in [3.05, 3.63) is 12.2 Å². The normalized spacial score (nSPS) is 15.2. The largest absolute Gasteiger partial charge is 0.462 e. The lowest BCUT2D eigenvalue weighted by atomic mass is 10.2. The minimum absolute atomic E-state index is 0.151. The van der Waals surface area contributed by atoms with Crippen LogP contribution in [0.5, 0.6) is 0 Å². The van der Waals surface area contributed by atoms with E-state index in [2.05, 4.69) is 0 Å². The average molecular weight is 422 g/mol. The van der Waals surface area contributed by atoms with E-state index in [4.69, 9.17) is 18.5 Å². The molecular formula is C19H37NO7P+. The van der Waals surface area contributed by atoms with Crippen molar-refractivity contribution >= 4 is 19.5 Å². The van der Waals surface area contributed by atoms with E-state index in [9.17, 15) is 14.2 Å². The van der Waals surface area contributed by atoms with Crippen molar-refractivity contribution in [1.82, 2.24) is 0 Å². The molecule has 28 heavy (non-hydrogen) atoms. The van der Waals surface area contributed by atoms with Crippen molar-refractivity contribution in [1.29, 1.82) is 0 Å². The van der Waals surface area contributed by atoms with Gasteiger partial charge in [0.15, 0.2) is 6.10 Å². The number of quaternary nitrogens is 1.